The Morgan fingerprint density at radius 2 is 1.90 bits per heavy atom. The summed E-state index contributed by atoms with van der Waals surface area (Å²) in [6, 6.07) is 8.57. The second-order valence-electron chi connectivity index (χ2n) is 6.75. The number of hydrogen-bond donors (Lipinski definition) is 0. The van der Waals surface area contributed by atoms with Crippen molar-refractivity contribution in [2.75, 3.05) is 0 Å². The molecular formula is C21H14ClF3N2O3. The highest BCUT2D eigenvalue weighted by Crippen LogP contribution is 2.37. The topological polar surface area (TPSA) is 59.5 Å². The van der Waals surface area contributed by atoms with Gasteiger partial charge in [0.05, 0.1) is 18.2 Å². The van der Waals surface area contributed by atoms with Crippen molar-refractivity contribution >= 4 is 23.4 Å². The SMILES string of the molecule is O=C1C2=CC=CCC2C(=O)N1Cc1ccc(-c2ccccc2OC(F)(F)F)c(Cl)n1. The fourth-order valence-corrected chi connectivity index (χ4v) is 3.78. The monoisotopic (exact) mass is 434 g/mol. The van der Waals surface area contributed by atoms with Crippen molar-refractivity contribution in [1.82, 2.24) is 9.88 Å². The number of hydrogen-bond acceptors (Lipinski definition) is 4. The molecule has 30 heavy (non-hydrogen) atoms. The van der Waals surface area contributed by atoms with Gasteiger partial charge in [0.25, 0.3) is 5.91 Å². The van der Waals surface area contributed by atoms with Gasteiger partial charge in [-0.25, -0.2) is 4.98 Å². The Morgan fingerprint density at radius 3 is 2.60 bits per heavy atom. The summed E-state index contributed by atoms with van der Waals surface area (Å²) in [6.45, 7) is -0.0772. The molecule has 154 valence electrons. The molecule has 1 fully saturated rings. The quantitative estimate of drug-likeness (QED) is 0.518. The number of halogens is 4. The molecule has 1 aromatic heterocycles. The number of allylic oxidation sites excluding steroid dienone is 3. The lowest BCUT2D eigenvalue weighted by Crippen LogP contribution is -2.30. The van der Waals surface area contributed by atoms with E-state index in [9.17, 15) is 22.8 Å². The number of imide groups is 1. The van der Waals surface area contributed by atoms with E-state index in [1.54, 1.807) is 18.2 Å². The van der Waals surface area contributed by atoms with Crippen LogP contribution in [-0.2, 0) is 16.1 Å². The number of pyridine rings is 1. The molecule has 1 aliphatic heterocycles. The van der Waals surface area contributed by atoms with Gasteiger partial charge in [-0.2, -0.15) is 0 Å². The molecule has 2 heterocycles. The summed E-state index contributed by atoms with van der Waals surface area (Å²) in [4.78, 5) is 30.4. The standard InChI is InChI=1S/C21H14ClF3N2O3/c22-18-14(13-5-3-4-8-17(13)30-21(23,24)25)10-9-12(26-18)11-27-19(28)15-6-1-2-7-16(15)20(27)29/h1-6,8-10,16H,7,11H2. The van der Waals surface area contributed by atoms with Gasteiger partial charge in [0, 0.05) is 16.7 Å². The number of rotatable bonds is 4. The molecule has 0 N–H and O–H groups in total. The molecule has 9 heteroatoms. The van der Waals surface area contributed by atoms with Crippen molar-refractivity contribution in [2.45, 2.75) is 19.3 Å². The van der Waals surface area contributed by atoms with Crippen molar-refractivity contribution in [3.05, 3.63) is 71.0 Å². The minimum absolute atomic E-state index is 0.0666. The van der Waals surface area contributed by atoms with Crippen LogP contribution >= 0.6 is 11.6 Å². The number of aromatic nitrogens is 1. The van der Waals surface area contributed by atoms with Gasteiger partial charge < -0.3 is 4.74 Å². The molecule has 0 radical (unpaired) electrons. The number of ether oxygens (including phenoxy) is 1. The van der Waals surface area contributed by atoms with Crippen molar-refractivity contribution in [3.63, 3.8) is 0 Å². The molecule has 4 rings (SSSR count). The summed E-state index contributed by atoms with van der Waals surface area (Å²) in [7, 11) is 0. The summed E-state index contributed by atoms with van der Waals surface area (Å²) in [6.07, 6.45) is 0.816. The van der Waals surface area contributed by atoms with E-state index in [-0.39, 0.29) is 34.6 Å². The number of benzene rings is 1. The van der Waals surface area contributed by atoms with Crippen LogP contribution in [0.3, 0.4) is 0 Å². The van der Waals surface area contributed by atoms with Crippen LogP contribution in [0.2, 0.25) is 5.15 Å². The Balaban J connectivity index is 1.60. The Morgan fingerprint density at radius 1 is 1.13 bits per heavy atom. The van der Waals surface area contributed by atoms with Crippen molar-refractivity contribution in [2.24, 2.45) is 5.92 Å². The van der Waals surface area contributed by atoms with Crippen LogP contribution < -0.4 is 4.74 Å². The van der Waals surface area contributed by atoms with Crippen molar-refractivity contribution in [1.29, 1.82) is 0 Å². The zero-order chi connectivity index (χ0) is 21.5. The third-order valence-electron chi connectivity index (χ3n) is 4.84. The maximum atomic E-state index is 12.7. The molecule has 1 atom stereocenters. The first-order valence-electron chi connectivity index (χ1n) is 8.97. The zero-order valence-electron chi connectivity index (χ0n) is 15.3. The number of carbonyl (C=O) groups excluding carboxylic acids is 2. The summed E-state index contributed by atoms with van der Waals surface area (Å²) >= 11 is 6.23. The van der Waals surface area contributed by atoms with Crippen molar-refractivity contribution < 1.29 is 27.5 Å². The normalized spacial score (nSPS) is 18.5. The molecule has 0 bridgehead atoms. The molecule has 0 saturated carbocycles. The van der Waals surface area contributed by atoms with E-state index in [2.05, 4.69) is 9.72 Å². The first kappa shape index (κ1) is 20.2. The number of para-hydroxylation sites is 1. The Bertz CT molecular complexity index is 1100. The lowest BCUT2D eigenvalue weighted by molar-refractivity contribution is -0.274. The van der Waals surface area contributed by atoms with E-state index in [4.69, 9.17) is 11.6 Å². The molecular weight excluding hydrogens is 421 g/mol. The average molecular weight is 435 g/mol. The highest BCUT2D eigenvalue weighted by molar-refractivity contribution is 6.32. The van der Waals surface area contributed by atoms with Gasteiger partial charge in [0.15, 0.2) is 0 Å². The molecule has 1 aliphatic carbocycles. The lowest BCUT2D eigenvalue weighted by Gasteiger charge is -2.16. The smallest absolute Gasteiger partial charge is 0.405 e. The summed E-state index contributed by atoms with van der Waals surface area (Å²) in [5.74, 6) is -1.57. The fourth-order valence-electron chi connectivity index (χ4n) is 3.50. The molecule has 1 unspecified atom stereocenters. The van der Waals surface area contributed by atoms with E-state index in [1.165, 1.54) is 30.3 Å². The minimum Gasteiger partial charge on any atom is -0.405 e. The number of alkyl halides is 3. The Labute approximate surface area is 174 Å². The maximum absolute atomic E-state index is 12.7. The van der Waals surface area contributed by atoms with Gasteiger partial charge in [-0.15, -0.1) is 13.2 Å². The molecule has 5 nitrogen and oxygen atoms in total. The predicted octanol–water partition coefficient (Wildman–Crippen LogP) is 4.67. The molecule has 1 aromatic carbocycles. The Kier molecular flexibility index (Phi) is 5.11. The Hall–Kier alpha value is -3.13. The average Bonchev–Trinajstić information content (AvgIpc) is 2.93. The van der Waals surface area contributed by atoms with E-state index in [0.29, 0.717) is 17.7 Å². The third-order valence-corrected chi connectivity index (χ3v) is 5.13. The highest BCUT2D eigenvalue weighted by atomic mass is 35.5. The van der Waals surface area contributed by atoms with Crippen LogP contribution in [0.1, 0.15) is 12.1 Å². The fraction of sp³-hybridized carbons (Fsp3) is 0.190. The zero-order valence-corrected chi connectivity index (χ0v) is 16.1. The largest absolute Gasteiger partial charge is 0.573 e. The second kappa shape index (κ2) is 7.60. The van der Waals surface area contributed by atoms with Crippen LogP contribution in [0.5, 0.6) is 5.75 Å². The lowest BCUT2D eigenvalue weighted by atomic mass is 9.94. The molecule has 2 aromatic rings. The van der Waals surface area contributed by atoms with Crippen molar-refractivity contribution in [3.8, 4) is 16.9 Å². The number of nitrogens with zero attached hydrogens (tertiary/aromatic N) is 2. The maximum Gasteiger partial charge on any atom is 0.573 e. The minimum atomic E-state index is -4.85. The van der Waals surface area contributed by atoms with Gasteiger partial charge in [0.2, 0.25) is 5.91 Å². The number of likely N-dealkylation sites (tertiary alicyclic amines) is 1. The van der Waals surface area contributed by atoms with E-state index < -0.39 is 18.0 Å². The molecule has 1 saturated heterocycles. The van der Waals surface area contributed by atoms with Gasteiger partial charge in [-0.1, -0.05) is 48.0 Å². The van der Waals surface area contributed by atoms with Gasteiger partial charge in [0.1, 0.15) is 10.9 Å². The van der Waals surface area contributed by atoms with E-state index >= 15 is 0 Å². The van der Waals surface area contributed by atoms with Gasteiger partial charge in [-0.3, -0.25) is 14.5 Å². The second-order valence-corrected chi connectivity index (χ2v) is 7.11. The molecule has 0 spiro atoms. The van der Waals surface area contributed by atoms with Gasteiger partial charge >= 0.3 is 6.36 Å². The first-order valence-corrected chi connectivity index (χ1v) is 9.35. The number of carbonyl (C=O) groups is 2. The number of fused-ring (bicyclic) bond motifs is 1. The van der Waals surface area contributed by atoms with Crippen LogP contribution in [0.15, 0.2) is 60.2 Å². The van der Waals surface area contributed by atoms with Crippen LogP contribution in [-0.4, -0.2) is 28.1 Å². The van der Waals surface area contributed by atoms with Crippen LogP contribution in [0.25, 0.3) is 11.1 Å². The van der Waals surface area contributed by atoms with Crippen LogP contribution in [0.4, 0.5) is 13.2 Å². The van der Waals surface area contributed by atoms with Gasteiger partial charge in [-0.05, 0) is 24.6 Å². The molecule has 2 amide bonds. The number of amides is 2. The predicted molar refractivity (Wildman–Crippen MR) is 102 cm³/mol. The molecule has 2 aliphatic rings. The summed E-state index contributed by atoms with van der Waals surface area (Å²) in [5, 5.41) is -0.0666. The third kappa shape index (κ3) is 3.82. The summed E-state index contributed by atoms with van der Waals surface area (Å²) < 4.78 is 42.1. The summed E-state index contributed by atoms with van der Waals surface area (Å²) in [5.41, 5.74) is 1.14. The van der Waals surface area contributed by atoms with E-state index in [1.807, 2.05) is 6.08 Å². The first-order chi connectivity index (χ1) is 14.2. The van der Waals surface area contributed by atoms with Crippen LogP contribution in [0, 0.1) is 5.92 Å². The van der Waals surface area contributed by atoms with E-state index in [0.717, 1.165) is 4.90 Å². The highest BCUT2D eigenvalue weighted by Gasteiger charge is 2.43.